The van der Waals surface area contributed by atoms with Crippen LogP contribution in [0.1, 0.15) is 30.5 Å². The molecule has 0 aliphatic rings. The molecule has 0 atom stereocenters. The van der Waals surface area contributed by atoms with Crippen molar-refractivity contribution in [3.05, 3.63) is 35.4 Å². The van der Waals surface area contributed by atoms with E-state index in [0.29, 0.717) is 5.75 Å². The van der Waals surface area contributed by atoms with Gasteiger partial charge in [-0.3, -0.25) is 0 Å². The Morgan fingerprint density at radius 3 is 2.00 bits per heavy atom. The molecular formula is C12H16O. The van der Waals surface area contributed by atoms with Crippen LogP contribution in [0.2, 0.25) is 0 Å². The van der Waals surface area contributed by atoms with Crippen molar-refractivity contribution < 1.29 is 5.11 Å². The van der Waals surface area contributed by atoms with Gasteiger partial charge in [0, 0.05) is 0 Å². The molecule has 1 aromatic carbocycles. The second-order valence-electron chi connectivity index (χ2n) is 3.10. The first-order valence-corrected chi connectivity index (χ1v) is 4.70. The van der Waals surface area contributed by atoms with Gasteiger partial charge in [0.05, 0.1) is 0 Å². The molecule has 1 N–H and O–H groups in total. The van der Waals surface area contributed by atoms with E-state index in [1.54, 1.807) is 0 Å². The number of hydrogen-bond acceptors (Lipinski definition) is 1. The average Bonchev–Trinajstić information content (AvgIpc) is 2.18. The van der Waals surface area contributed by atoms with Crippen molar-refractivity contribution in [2.45, 2.75) is 26.7 Å². The van der Waals surface area contributed by atoms with Crippen LogP contribution < -0.4 is 0 Å². The Hall–Kier alpha value is -1.24. The molecule has 70 valence electrons. The molecule has 1 rings (SSSR count). The van der Waals surface area contributed by atoms with E-state index in [2.05, 4.69) is 6.58 Å². The van der Waals surface area contributed by atoms with Crippen LogP contribution in [0, 0.1) is 0 Å². The minimum absolute atomic E-state index is 0.454. The molecule has 0 heterocycles. The summed E-state index contributed by atoms with van der Waals surface area (Å²) < 4.78 is 0. The van der Waals surface area contributed by atoms with E-state index in [4.69, 9.17) is 0 Å². The second-order valence-corrected chi connectivity index (χ2v) is 3.10. The van der Waals surface area contributed by atoms with E-state index in [9.17, 15) is 5.11 Å². The number of hydrogen-bond donors (Lipinski definition) is 1. The number of phenolic OH excluding ortho intramolecular Hbond substituents is 1. The summed E-state index contributed by atoms with van der Waals surface area (Å²) >= 11 is 0. The van der Waals surface area contributed by atoms with E-state index >= 15 is 0 Å². The zero-order valence-corrected chi connectivity index (χ0v) is 8.30. The van der Waals surface area contributed by atoms with Gasteiger partial charge < -0.3 is 5.11 Å². The predicted molar refractivity (Wildman–Crippen MR) is 57.0 cm³/mol. The molecule has 0 spiro atoms. The SMILES string of the molecule is C=Cc1cc(CC)c(O)c(CC)c1. The van der Waals surface area contributed by atoms with Crippen LogP contribution >= 0.6 is 0 Å². The van der Waals surface area contributed by atoms with Gasteiger partial charge >= 0.3 is 0 Å². The summed E-state index contributed by atoms with van der Waals surface area (Å²) in [6.07, 6.45) is 3.54. The molecule has 0 aliphatic heterocycles. The minimum Gasteiger partial charge on any atom is -0.507 e. The maximum atomic E-state index is 9.77. The summed E-state index contributed by atoms with van der Waals surface area (Å²) in [5.74, 6) is 0.454. The first kappa shape index (κ1) is 9.85. The lowest BCUT2D eigenvalue weighted by atomic mass is 10.0. The van der Waals surface area contributed by atoms with Crippen molar-refractivity contribution in [2.75, 3.05) is 0 Å². The summed E-state index contributed by atoms with van der Waals surface area (Å²) in [6, 6.07) is 3.98. The fourth-order valence-electron chi connectivity index (χ4n) is 1.44. The summed E-state index contributed by atoms with van der Waals surface area (Å²) in [7, 11) is 0. The largest absolute Gasteiger partial charge is 0.507 e. The normalized spacial score (nSPS) is 10.0. The van der Waals surface area contributed by atoms with Crippen LogP contribution in [0.3, 0.4) is 0 Å². The van der Waals surface area contributed by atoms with Crippen LogP contribution in [0.25, 0.3) is 6.08 Å². The lowest BCUT2D eigenvalue weighted by molar-refractivity contribution is 0.462. The van der Waals surface area contributed by atoms with Gasteiger partial charge in [0.1, 0.15) is 5.75 Å². The molecule has 0 radical (unpaired) electrons. The van der Waals surface area contributed by atoms with Crippen molar-refractivity contribution in [3.8, 4) is 5.75 Å². The minimum atomic E-state index is 0.454. The topological polar surface area (TPSA) is 20.2 Å². The Morgan fingerprint density at radius 2 is 1.69 bits per heavy atom. The molecule has 0 aliphatic carbocycles. The molecule has 13 heavy (non-hydrogen) atoms. The highest BCUT2D eigenvalue weighted by Gasteiger charge is 2.05. The van der Waals surface area contributed by atoms with Crippen LogP contribution in [0.4, 0.5) is 0 Å². The standard InChI is InChI=1S/C12H16O/c1-4-9-7-10(5-2)12(13)11(6-3)8-9/h4,7-8,13H,1,5-6H2,2-3H3. The van der Waals surface area contributed by atoms with E-state index in [1.807, 2.05) is 32.1 Å². The summed E-state index contributed by atoms with van der Waals surface area (Å²) in [5, 5.41) is 9.77. The second kappa shape index (κ2) is 4.13. The Morgan fingerprint density at radius 1 is 1.23 bits per heavy atom. The Kier molecular flexibility index (Phi) is 3.13. The Balaban J connectivity index is 3.28. The third-order valence-corrected chi connectivity index (χ3v) is 2.29. The van der Waals surface area contributed by atoms with Crippen LogP contribution in [-0.2, 0) is 12.8 Å². The fraction of sp³-hybridized carbons (Fsp3) is 0.333. The molecule has 0 unspecified atom stereocenters. The van der Waals surface area contributed by atoms with Gasteiger partial charge in [-0.2, -0.15) is 0 Å². The van der Waals surface area contributed by atoms with E-state index in [0.717, 1.165) is 29.5 Å². The van der Waals surface area contributed by atoms with Gasteiger partial charge in [-0.1, -0.05) is 26.5 Å². The van der Waals surface area contributed by atoms with Crippen molar-refractivity contribution in [1.29, 1.82) is 0 Å². The molecule has 0 saturated carbocycles. The first-order valence-electron chi connectivity index (χ1n) is 4.70. The monoisotopic (exact) mass is 176 g/mol. The third-order valence-electron chi connectivity index (χ3n) is 2.29. The quantitative estimate of drug-likeness (QED) is 0.750. The number of aromatic hydroxyl groups is 1. The molecule has 0 fully saturated rings. The molecule has 1 nitrogen and oxygen atoms in total. The smallest absolute Gasteiger partial charge is 0.121 e. The van der Waals surface area contributed by atoms with Crippen molar-refractivity contribution >= 4 is 6.08 Å². The molecule has 1 heteroatoms. The van der Waals surface area contributed by atoms with Crippen LogP contribution in [0.5, 0.6) is 5.75 Å². The summed E-state index contributed by atoms with van der Waals surface area (Å²) in [5.41, 5.74) is 3.11. The van der Waals surface area contributed by atoms with E-state index < -0.39 is 0 Å². The molecule has 0 aromatic heterocycles. The number of benzene rings is 1. The highest BCUT2D eigenvalue weighted by molar-refractivity contribution is 5.55. The summed E-state index contributed by atoms with van der Waals surface area (Å²) in [4.78, 5) is 0. The zero-order valence-electron chi connectivity index (χ0n) is 8.30. The first-order chi connectivity index (χ1) is 6.22. The Labute approximate surface area is 79.7 Å². The van der Waals surface area contributed by atoms with Crippen LogP contribution in [0.15, 0.2) is 18.7 Å². The summed E-state index contributed by atoms with van der Waals surface area (Å²) in [6.45, 7) is 7.82. The Bertz CT molecular complexity index is 288. The van der Waals surface area contributed by atoms with Gasteiger partial charge in [-0.05, 0) is 41.7 Å². The van der Waals surface area contributed by atoms with Crippen LogP contribution in [-0.4, -0.2) is 5.11 Å². The van der Waals surface area contributed by atoms with Gasteiger partial charge in [0.2, 0.25) is 0 Å². The van der Waals surface area contributed by atoms with Crippen molar-refractivity contribution in [3.63, 3.8) is 0 Å². The lowest BCUT2D eigenvalue weighted by Crippen LogP contribution is -1.90. The highest BCUT2D eigenvalue weighted by Crippen LogP contribution is 2.25. The zero-order chi connectivity index (χ0) is 9.84. The maximum absolute atomic E-state index is 9.77. The fourth-order valence-corrected chi connectivity index (χ4v) is 1.44. The maximum Gasteiger partial charge on any atom is 0.121 e. The lowest BCUT2D eigenvalue weighted by Gasteiger charge is -2.08. The van der Waals surface area contributed by atoms with E-state index in [1.165, 1.54) is 0 Å². The third kappa shape index (κ3) is 1.92. The van der Waals surface area contributed by atoms with Crippen molar-refractivity contribution in [2.24, 2.45) is 0 Å². The van der Waals surface area contributed by atoms with Gasteiger partial charge in [-0.25, -0.2) is 0 Å². The highest BCUT2D eigenvalue weighted by atomic mass is 16.3. The van der Waals surface area contributed by atoms with Gasteiger partial charge in [0.25, 0.3) is 0 Å². The van der Waals surface area contributed by atoms with E-state index in [-0.39, 0.29) is 0 Å². The molecule has 0 bridgehead atoms. The molecular weight excluding hydrogens is 160 g/mol. The van der Waals surface area contributed by atoms with Crippen molar-refractivity contribution in [1.82, 2.24) is 0 Å². The molecule has 0 amide bonds. The molecule has 1 aromatic rings. The number of aryl methyl sites for hydroxylation is 2. The average molecular weight is 176 g/mol. The number of phenols is 1. The van der Waals surface area contributed by atoms with Gasteiger partial charge in [0.15, 0.2) is 0 Å². The molecule has 0 saturated heterocycles. The number of rotatable bonds is 3. The van der Waals surface area contributed by atoms with Gasteiger partial charge in [-0.15, -0.1) is 0 Å². The predicted octanol–water partition coefficient (Wildman–Crippen LogP) is 3.16.